The number of piperazine rings is 1. The van der Waals surface area contributed by atoms with Crippen molar-refractivity contribution in [2.45, 2.75) is 44.1 Å². The van der Waals surface area contributed by atoms with Crippen LogP contribution >= 0.6 is 0 Å². The maximum Gasteiger partial charge on any atom is 0.157 e. The first kappa shape index (κ1) is 19.1. The average Bonchev–Trinajstić information content (AvgIpc) is 2.75. The fourth-order valence-corrected chi connectivity index (χ4v) is 7.12. The lowest BCUT2D eigenvalue weighted by atomic mass is 9.53. The molecule has 0 spiro atoms. The summed E-state index contributed by atoms with van der Waals surface area (Å²) in [6, 6.07) is 6.98. The first-order valence-corrected chi connectivity index (χ1v) is 11.7. The Morgan fingerprint density at radius 3 is 2.16 bits per heavy atom. The number of hydrogen-bond acceptors (Lipinski definition) is 6. The largest absolute Gasteiger partial charge is 0.393 e. The van der Waals surface area contributed by atoms with E-state index in [1.807, 2.05) is 12.1 Å². The number of halogens is 1. The van der Waals surface area contributed by atoms with E-state index < -0.39 is 0 Å². The van der Waals surface area contributed by atoms with Crippen LogP contribution in [0, 0.1) is 23.6 Å². The SMILES string of the molecule is Nc1c(NC23CC4CC(CC(C4)C2)C3)ncnc1N1CCN(c2ccccc2F)CC1. The Kier molecular flexibility index (Phi) is 4.47. The number of hydrogen-bond donors (Lipinski definition) is 2. The molecule has 3 N–H and O–H groups in total. The topological polar surface area (TPSA) is 70.3 Å². The normalized spacial score (nSPS) is 31.8. The number of anilines is 4. The first-order valence-electron chi connectivity index (χ1n) is 11.7. The number of benzene rings is 1. The third-order valence-electron chi connectivity index (χ3n) is 8.06. The molecule has 5 aliphatic rings. The van der Waals surface area contributed by atoms with Crippen LogP contribution < -0.4 is 20.9 Å². The van der Waals surface area contributed by atoms with E-state index >= 15 is 0 Å². The summed E-state index contributed by atoms with van der Waals surface area (Å²) < 4.78 is 14.2. The Bertz CT molecular complexity index is 935. The van der Waals surface area contributed by atoms with Gasteiger partial charge in [0.25, 0.3) is 0 Å². The van der Waals surface area contributed by atoms with Crippen molar-refractivity contribution in [2.24, 2.45) is 17.8 Å². The minimum Gasteiger partial charge on any atom is -0.393 e. The summed E-state index contributed by atoms with van der Waals surface area (Å²) in [5.74, 6) is 4.03. The van der Waals surface area contributed by atoms with Crippen LogP contribution in [0.15, 0.2) is 30.6 Å². The predicted molar refractivity (Wildman–Crippen MR) is 122 cm³/mol. The van der Waals surface area contributed by atoms with Crippen LogP contribution in [0.4, 0.5) is 27.4 Å². The van der Waals surface area contributed by atoms with E-state index in [1.54, 1.807) is 12.4 Å². The Hall–Kier alpha value is -2.57. The second kappa shape index (κ2) is 7.24. The molecule has 31 heavy (non-hydrogen) atoms. The molecule has 5 fully saturated rings. The first-order chi connectivity index (χ1) is 15.1. The van der Waals surface area contributed by atoms with Crippen LogP contribution in [0.2, 0.25) is 0 Å². The van der Waals surface area contributed by atoms with Crippen molar-refractivity contribution in [1.82, 2.24) is 9.97 Å². The standard InChI is InChI=1S/C24H31FN6/c25-19-3-1-2-4-20(19)30-5-7-31(8-6-30)23-21(26)22(27-15-28-23)29-24-12-16-9-17(13-24)11-18(10-16)14-24/h1-4,15-18H,5-14,26H2,(H,27,28,29). The lowest BCUT2D eigenvalue weighted by molar-refractivity contribution is 0.0106. The van der Waals surface area contributed by atoms with E-state index in [2.05, 4.69) is 25.1 Å². The number of nitrogens with zero attached hydrogens (tertiary/aromatic N) is 4. The predicted octanol–water partition coefficient (Wildman–Crippen LogP) is 3.91. The van der Waals surface area contributed by atoms with Crippen molar-refractivity contribution in [3.05, 3.63) is 36.4 Å². The minimum absolute atomic E-state index is 0.165. The zero-order valence-electron chi connectivity index (χ0n) is 17.9. The zero-order valence-corrected chi connectivity index (χ0v) is 17.9. The summed E-state index contributed by atoms with van der Waals surface area (Å²) >= 11 is 0. The van der Waals surface area contributed by atoms with Gasteiger partial charge in [0.15, 0.2) is 11.6 Å². The van der Waals surface area contributed by atoms with Gasteiger partial charge in [-0.15, -0.1) is 0 Å². The third kappa shape index (κ3) is 3.38. The van der Waals surface area contributed by atoms with Crippen LogP contribution in [0.5, 0.6) is 0 Å². The monoisotopic (exact) mass is 422 g/mol. The second-order valence-corrected chi connectivity index (χ2v) is 10.2. The van der Waals surface area contributed by atoms with Gasteiger partial charge in [0, 0.05) is 31.7 Å². The van der Waals surface area contributed by atoms with Crippen LogP contribution in [-0.2, 0) is 0 Å². The van der Waals surface area contributed by atoms with Gasteiger partial charge >= 0.3 is 0 Å². The van der Waals surface area contributed by atoms with E-state index in [9.17, 15) is 4.39 Å². The molecule has 4 aliphatic carbocycles. The molecule has 4 saturated carbocycles. The Balaban J connectivity index is 1.18. The number of nitrogens with one attached hydrogen (secondary N) is 1. The van der Waals surface area contributed by atoms with Gasteiger partial charge in [-0.3, -0.25) is 0 Å². The molecule has 4 bridgehead atoms. The summed E-state index contributed by atoms with van der Waals surface area (Å²) in [4.78, 5) is 13.4. The van der Waals surface area contributed by atoms with Crippen LogP contribution in [0.25, 0.3) is 0 Å². The Labute approximate surface area is 183 Å². The molecule has 7 rings (SSSR count). The molecule has 164 valence electrons. The van der Waals surface area contributed by atoms with Crippen molar-refractivity contribution < 1.29 is 4.39 Å². The number of para-hydroxylation sites is 1. The Morgan fingerprint density at radius 2 is 1.52 bits per heavy atom. The maximum absolute atomic E-state index is 14.2. The van der Waals surface area contributed by atoms with Gasteiger partial charge in [0.2, 0.25) is 0 Å². The quantitative estimate of drug-likeness (QED) is 0.779. The van der Waals surface area contributed by atoms with Gasteiger partial charge in [0.05, 0.1) is 5.69 Å². The summed E-state index contributed by atoms with van der Waals surface area (Å²) in [6.45, 7) is 2.99. The van der Waals surface area contributed by atoms with Gasteiger partial charge in [-0.1, -0.05) is 12.1 Å². The summed E-state index contributed by atoms with van der Waals surface area (Å²) in [7, 11) is 0. The molecular formula is C24H31FN6. The van der Waals surface area contributed by atoms with Crippen LogP contribution in [0.1, 0.15) is 38.5 Å². The Morgan fingerprint density at radius 1 is 0.903 bits per heavy atom. The van der Waals surface area contributed by atoms with E-state index in [0.717, 1.165) is 55.6 Å². The van der Waals surface area contributed by atoms with Crippen molar-refractivity contribution in [3.8, 4) is 0 Å². The lowest BCUT2D eigenvalue weighted by Gasteiger charge is -2.57. The van der Waals surface area contributed by atoms with Crippen molar-refractivity contribution in [3.63, 3.8) is 0 Å². The van der Waals surface area contributed by atoms with E-state index in [4.69, 9.17) is 5.73 Å². The molecule has 1 aromatic carbocycles. The summed E-state index contributed by atoms with van der Waals surface area (Å²) in [5, 5.41) is 3.81. The van der Waals surface area contributed by atoms with Crippen LogP contribution in [0.3, 0.4) is 0 Å². The van der Waals surface area contributed by atoms with Gasteiger partial charge in [-0.2, -0.15) is 0 Å². The highest BCUT2D eigenvalue weighted by Crippen LogP contribution is 2.56. The highest BCUT2D eigenvalue weighted by molar-refractivity contribution is 5.75. The van der Waals surface area contributed by atoms with Gasteiger partial charge in [-0.05, 0) is 68.4 Å². The van der Waals surface area contributed by atoms with Crippen molar-refractivity contribution in [1.29, 1.82) is 0 Å². The molecule has 7 heteroatoms. The highest BCUT2D eigenvalue weighted by Gasteiger charge is 2.51. The molecular weight excluding hydrogens is 391 g/mol. The van der Waals surface area contributed by atoms with E-state index in [0.29, 0.717) is 11.4 Å². The summed E-state index contributed by atoms with van der Waals surface area (Å²) in [6.07, 6.45) is 9.63. The molecule has 0 amide bonds. The molecule has 1 aromatic heterocycles. The zero-order chi connectivity index (χ0) is 21.0. The molecule has 6 nitrogen and oxygen atoms in total. The molecule has 0 atom stereocenters. The van der Waals surface area contributed by atoms with Gasteiger partial charge < -0.3 is 20.9 Å². The number of rotatable bonds is 4. The molecule has 2 heterocycles. The molecule has 0 radical (unpaired) electrons. The van der Waals surface area contributed by atoms with Gasteiger partial charge in [-0.25, -0.2) is 14.4 Å². The second-order valence-electron chi connectivity index (χ2n) is 10.2. The summed E-state index contributed by atoms with van der Waals surface area (Å²) in [5.41, 5.74) is 8.09. The molecule has 2 aromatic rings. The molecule has 0 unspecified atom stereocenters. The maximum atomic E-state index is 14.2. The highest BCUT2D eigenvalue weighted by atomic mass is 19.1. The average molecular weight is 423 g/mol. The fraction of sp³-hybridized carbons (Fsp3) is 0.583. The third-order valence-corrected chi connectivity index (χ3v) is 8.06. The van der Waals surface area contributed by atoms with Crippen molar-refractivity contribution >= 4 is 23.0 Å². The van der Waals surface area contributed by atoms with E-state index in [-0.39, 0.29) is 11.4 Å². The molecule has 1 saturated heterocycles. The number of nitrogens with two attached hydrogens (primary N) is 1. The van der Waals surface area contributed by atoms with Gasteiger partial charge in [0.1, 0.15) is 17.8 Å². The van der Waals surface area contributed by atoms with Crippen LogP contribution in [-0.4, -0.2) is 41.7 Å². The lowest BCUT2D eigenvalue weighted by Crippen LogP contribution is -2.55. The number of aromatic nitrogens is 2. The van der Waals surface area contributed by atoms with Crippen molar-refractivity contribution in [2.75, 3.05) is 47.0 Å². The minimum atomic E-state index is -0.167. The molecule has 1 aliphatic heterocycles. The van der Waals surface area contributed by atoms with E-state index in [1.165, 1.54) is 44.6 Å². The smallest absolute Gasteiger partial charge is 0.157 e. The number of nitrogen functional groups attached to an aromatic ring is 1. The fourth-order valence-electron chi connectivity index (χ4n) is 7.12.